The van der Waals surface area contributed by atoms with Gasteiger partial charge in [0.1, 0.15) is 11.6 Å². The van der Waals surface area contributed by atoms with Crippen LogP contribution in [0, 0.1) is 0 Å². The second-order valence-corrected chi connectivity index (χ2v) is 8.03. The zero-order valence-corrected chi connectivity index (χ0v) is 18.2. The summed E-state index contributed by atoms with van der Waals surface area (Å²) in [5.74, 6) is 1.22. The van der Waals surface area contributed by atoms with Crippen LogP contribution in [0.5, 0.6) is 0 Å². The molecule has 1 fully saturated rings. The minimum Gasteiger partial charge on any atom is -0.383 e. The number of fused-ring (bicyclic) bond motifs is 1. The van der Waals surface area contributed by atoms with Crippen LogP contribution in [0.1, 0.15) is 11.4 Å². The summed E-state index contributed by atoms with van der Waals surface area (Å²) in [5.41, 5.74) is 8.83. The van der Waals surface area contributed by atoms with Crippen molar-refractivity contribution in [3.8, 4) is 5.69 Å². The molecule has 1 amide bonds. The number of amides is 1. The molecule has 166 valence electrons. The molecule has 1 aliphatic rings. The van der Waals surface area contributed by atoms with Crippen LogP contribution in [0.15, 0.2) is 73.1 Å². The minimum absolute atomic E-state index is 0.00770. The average Bonchev–Trinajstić information content (AvgIpc) is 3.33. The maximum atomic E-state index is 12.7. The highest BCUT2D eigenvalue weighted by Crippen LogP contribution is 2.18. The molecule has 33 heavy (non-hydrogen) atoms. The van der Waals surface area contributed by atoms with Crippen LogP contribution in [-0.2, 0) is 11.3 Å². The van der Waals surface area contributed by atoms with Crippen molar-refractivity contribution in [1.82, 2.24) is 29.5 Å². The quantitative estimate of drug-likeness (QED) is 0.481. The molecule has 0 aliphatic carbocycles. The SMILES string of the molecule is Nc1nc(CN2CCN(C(=O)/C=C/c3cnn(-c4ccccc4)c3)CC2)nc2ccccc12. The number of benzene rings is 2. The van der Waals surface area contributed by atoms with E-state index < -0.39 is 0 Å². The molecular formula is C25H25N7O. The summed E-state index contributed by atoms with van der Waals surface area (Å²) >= 11 is 0. The second kappa shape index (κ2) is 9.22. The molecule has 2 N–H and O–H groups in total. The van der Waals surface area contributed by atoms with E-state index in [9.17, 15) is 4.79 Å². The summed E-state index contributed by atoms with van der Waals surface area (Å²) in [7, 11) is 0. The van der Waals surface area contributed by atoms with Gasteiger partial charge < -0.3 is 10.6 Å². The Kier molecular flexibility index (Phi) is 5.82. The molecule has 1 saturated heterocycles. The van der Waals surface area contributed by atoms with Gasteiger partial charge in [-0.25, -0.2) is 14.6 Å². The number of carbonyl (C=O) groups is 1. The number of nitrogens with two attached hydrogens (primary N) is 1. The molecule has 8 heteroatoms. The number of hydrogen-bond donors (Lipinski definition) is 1. The van der Waals surface area contributed by atoms with E-state index in [1.165, 1.54) is 0 Å². The van der Waals surface area contributed by atoms with Gasteiger partial charge in [-0.05, 0) is 30.3 Å². The monoisotopic (exact) mass is 439 g/mol. The number of hydrogen-bond acceptors (Lipinski definition) is 6. The first-order chi connectivity index (χ1) is 16.2. The molecule has 0 spiro atoms. The molecule has 2 aromatic carbocycles. The fourth-order valence-electron chi connectivity index (χ4n) is 3.97. The van der Waals surface area contributed by atoms with Crippen molar-refractivity contribution in [3.63, 3.8) is 0 Å². The maximum Gasteiger partial charge on any atom is 0.246 e. The van der Waals surface area contributed by atoms with Crippen LogP contribution < -0.4 is 5.73 Å². The van der Waals surface area contributed by atoms with Gasteiger partial charge in [-0.3, -0.25) is 9.69 Å². The van der Waals surface area contributed by atoms with E-state index >= 15 is 0 Å². The van der Waals surface area contributed by atoms with E-state index in [0.717, 1.165) is 35.2 Å². The summed E-state index contributed by atoms with van der Waals surface area (Å²) in [4.78, 5) is 25.9. The van der Waals surface area contributed by atoms with Gasteiger partial charge in [0.2, 0.25) is 5.91 Å². The Balaban J connectivity index is 1.16. The Morgan fingerprint density at radius 2 is 1.73 bits per heavy atom. The highest BCUT2D eigenvalue weighted by Gasteiger charge is 2.20. The van der Waals surface area contributed by atoms with Crippen molar-refractivity contribution in [3.05, 3.63) is 84.5 Å². The summed E-state index contributed by atoms with van der Waals surface area (Å²) in [5, 5.41) is 5.24. The summed E-state index contributed by atoms with van der Waals surface area (Å²) < 4.78 is 1.80. The van der Waals surface area contributed by atoms with Gasteiger partial charge in [0.25, 0.3) is 0 Å². The zero-order chi connectivity index (χ0) is 22.6. The van der Waals surface area contributed by atoms with Gasteiger partial charge in [0, 0.05) is 49.4 Å². The van der Waals surface area contributed by atoms with Crippen LogP contribution in [0.2, 0.25) is 0 Å². The molecule has 1 aliphatic heterocycles. The van der Waals surface area contributed by atoms with Crippen LogP contribution in [-0.4, -0.2) is 61.6 Å². The lowest BCUT2D eigenvalue weighted by Crippen LogP contribution is -2.48. The molecular weight excluding hydrogens is 414 g/mol. The molecule has 5 rings (SSSR count). The maximum absolute atomic E-state index is 12.7. The molecule has 4 aromatic rings. The predicted molar refractivity (Wildman–Crippen MR) is 128 cm³/mol. The van der Waals surface area contributed by atoms with E-state index in [2.05, 4.69) is 20.0 Å². The number of para-hydroxylation sites is 2. The molecule has 8 nitrogen and oxygen atoms in total. The average molecular weight is 440 g/mol. The predicted octanol–water partition coefficient (Wildman–Crippen LogP) is 2.76. The van der Waals surface area contributed by atoms with Crippen molar-refractivity contribution >= 4 is 28.7 Å². The zero-order valence-electron chi connectivity index (χ0n) is 18.2. The smallest absolute Gasteiger partial charge is 0.246 e. The van der Waals surface area contributed by atoms with Gasteiger partial charge in [0.15, 0.2) is 0 Å². The van der Waals surface area contributed by atoms with Crippen molar-refractivity contribution in [1.29, 1.82) is 0 Å². The fourth-order valence-corrected chi connectivity index (χ4v) is 3.97. The highest BCUT2D eigenvalue weighted by atomic mass is 16.2. The van der Waals surface area contributed by atoms with Gasteiger partial charge in [-0.1, -0.05) is 30.3 Å². The van der Waals surface area contributed by atoms with Crippen LogP contribution in [0.25, 0.3) is 22.7 Å². The number of rotatable bonds is 5. The Bertz CT molecular complexity index is 1290. The third-order valence-corrected chi connectivity index (χ3v) is 5.77. The van der Waals surface area contributed by atoms with Crippen LogP contribution >= 0.6 is 0 Å². The standard InChI is InChI=1S/C25H25N7O/c26-25-21-8-4-5-9-22(21)28-23(29-25)18-30-12-14-31(15-13-30)24(33)11-10-19-16-27-32(17-19)20-6-2-1-3-7-20/h1-11,16-17H,12-15,18H2,(H2,26,28,29)/b11-10+. The summed E-state index contributed by atoms with van der Waals surface area (Å²) in [6.07, 6.45) is 7.10. The topological polar surface area (TPSA) is 93.2 Å². The highest BCUT2D eigenvalue weighted by molar-refractivity contribution is 5.91. The molecule has 0 saturated carbocycles. The molecule has 0 bridgehead atoms. The van der Waals surface area contributed by atoms with Gasteiger partial charge in [-0.2, -0.15) is 5.10 Å². The van der Waals surface area contributed by atoms with E-state index in [1.54, 1.807) is 17.0 Å². The first kappa shape index (κ1) is 20.8. The van der Waals surface area contributed by atoms with Crippen LogP contribution in [0.3, 0.4) is 0 Å². The Morgan fingerprint density at radius 3 is 2.55 bits per heavy atom. The van der Waals surface area contributed by atoms with Crippen LogP contribution in [0.4, 0.5) is 5.82 Å². The number of anilines is 1. The fraction of sp³-hybridized carbons (Fsp3) is 0.200. The van der Waals surface area contributed by atoms with Gasteiger partial charge in [-0.15, -0.1) is 0 Å². The van der Waals surface area contributed by atoms with Crippen molar-refractivity contribution in [2.45, 2.75) is 6.54 Å². The normalized spacial score (nSPS) is 14.8. The molecule has 3 heterocycles. The molecule has 2 aromatic heterocycles. The molecule has 0 unspecified atom stereocenters. The van der Waals surface area contributed by atoms with E-state index in [0.29, 0.717) is 31.3 Å². The Hall–Kier alpha value is -4.04. The van der Waals surface area contributed by atoms with E-state index in [4.69, 9.17) is 5.73 Å². The Morgan fingerprint density at radius 1 is 0.970 bits per heavy atom. The lowest BCUT2D eigenvalue weighted by molar-refractivity contribution is -0.127. The number of aromatic nitrogens is 4. The first-order valence-corrected chi connectivity index (χ1v) is 11.0. The Labute approximate surface area is 192 Å². The molecule has 0 atom stereocenters. The molecule has 0 radical (unpaired) electrons. The van der Waals surface area contributed by atoms with E-state index in [1.807, 2.05) is 71.8 Å². The second-order valence-electron chi connectivity index (χ2n) is 8.03. The first-order valence-electron chi connectivity index (χ1n) is 11.0. The van der Waals surface area contributed by atoms with Crippen molar-refractivity contribution in [2.75, 3.05) is 31.9 Å². The van der Waals surface area contributed by atoms with E-state index in [-0.39, 0.29) is 5.91 Å². The number of nitrogen functional groups attached to an aromatic ring is 1. The number of piperazine rings is 1. The lowest BCUT2D eigenvalue weighted by atomic mass is 10.2. The number of carbonyl (C=O) groups excluding carboxylic acids is 1. The van der Waals surface area contributed by atoms with Crippen molar-refractivity contribution in [2.24, 2.45) is 0 Å². The lowest BCUT2D eigenvalue weighted by Gasteiger charge is -2.33. The largest absolute Gasteiger partial charge is 0.383 e. The van der Waals surface area contributed by atoms with Gasteiger partial charge >= 0.3 is 0 Å². The summed E-state index contributed by atoms with van der Waals surface area (Å²) in [6.45, 7) is 3.47. The minimum atomic E-state index is 0.00770. The summed E-state index contributed by atoms with van der Waals surface area (Å²) in [6, 6.07) is 17.6. The third kappa shape index (κ3) is 4.75. The number of nitrogens with zero attached hydrogens (tertiary/aromatic N) is 6. The third-order valence-electron chi connectivity index (χ3n) is 5.77. The van der Waals surface area contributed by atoms with Gasteiger partial charge in [0.05, 0.1) is 23.9 Å². The van der Waals surface area contributed by atoms with Crippen molar-refractivity contribution < 1.29 is 4.79 Å².